The SMILES string of the molecule is CCOC(=O)c1c(NC(=O)C(C#N)=Cc2ccc(C(C)C)cc2)sc2c1CCCC2. The molecule has 0 saturated carbocycles. The lowest BCUT2D eigenvalue weighted by molar-refractivity contribution is -0.112. The average Bonchev–Trinajstić information content (AvgIpc) is 3.10. The molecule has 5 nitrogen and oxygen atoms in total. The molecule has 0 unspecified atom stereocenters. The Kier molecular flexibility index (Phi) is 7.07. The van der Waals surface area contributed by atoms with Crippen LogP contribution in [0.15, 0.2) is 29.8 Å². The quantitative estimate of drug-likeness (QED) is 0.380. The number of ether oxygens (including phenoxy) is 1. The third kappa shape index (κ3) is 4.80. The van der Waals surface area contributed by atoms with Gasteiger partial charge in [-0.15, -0.1) is 11.3 Å². The van der Waals surface area contributed by atoms with E-state index in [-0.39, 0.29) is 12.2 Å². The molecule has 0 spiro atoms. The summed E-state index contributed by atoms with van der Waals surface area (Å²) >= 11 is 1.41. The van der Waals surface area contributed by atoms with Crippen molar-refractivity contribution in [3.63, 3.8) is 0 Å². The minimum atomic E-state index is -0.519. The Morgan fingerprint density at radius 2 is 1.93 bits per heavy atom. The molecule has 6 heteroatoms. The van der Waals surface area contributed by atoms with Gasteiger partial charge in [-0.25, -0.2) is 4.79 Å². The third-order valence-electron chi connectivity index (χ3n) is 5.16. The van der Waals surface area contributed by atoms with Crippen LogP contribution in [0.3, 0.4) is 0 Å². The van der Waals surface area contributed by atoms with Crippen LogP contribution in [0.4, 0.5) is 5.00 Å². The number of hydrogen-bond acceptors (Lipinski definition) is 5. The molecule has 2 aromatic rings. The molecule has 1 aliphatic rings. The van der Waals surface area contributed by atoms with E-state index in [0.29, 0.717) is 16.5 Å². The number of carbonyl (C=O) groups excluding carboxylic acids is 2. The first-order chi connectivity index (χ1) is 14.4. The summed E-state index contributed by atoms with van der Waals surface area (Å²) in [5.41, 5.74) is 3.39. The second-order valence-corrected chi connectivity index (χ2v) is 8.69. The number of anilines is 1. The van der Waals surface area contributed by atoms with Crippen molar-refractivity contribution in [3.8, 4) is 6.07 Å². The van der Waals surface area contributed by atoms with E-state index in [1.807, 2.05) is 30.3 Å². The van der Waals surface area contributed by atoms with Gasteiger partial charge in [-0.3, -0.25) is 4.79 Å². The van der Waals surface area contributed by atoms with Gasteiger partial charge in [-0.05, 0) is 61.3 Å². The summed E-state index contributed by atoms with van der Waals surface area (Å²) in [7, 11) is 0. The van der Waals surface area contributed by atoms with E-state index in [1.54, 1.807) is 13.0 Å². The molecule has 0 radical (unpaired) electrons. The summed E-state index contributed by atoms with van der Waals surface area (Å²) in [4.78, 5) is 26.5. The highest BCUT2D eigenvalue weighted by Gasteiger charge is 2.27. The van der Waals surface area contributed by atoms with E-state index in [4.69, 9.17) is 4.74 Å². The van der Waals surface area contributed by atoms with E-state index >= 15 is 0 Å². The number of nitrogens with one attached hydrogen (secondary N) is 1. The smallest absolute Gasteiger partial charge is 0.341 e. The first kappa shape index (κ1) is 21.8. The van der Waals surface area contributed by atoms with E-state index < -0.39 is 11.9 Å². The maximum Gasteiger partial charge on any atom is 0.341 e. The average molecular weight is 423 g/mol. The second kappa shape index (κ2) is 9.73. The van der Waals surface area contributed by atoms with Crippen molar-refractivity contribution >= 4 is 34.3 Å². The molecular formula is C24H26N2O3S. The number of nitrogens with zero attached hydrogens (tertiary/aromatic N) is 1. The molecule has 1 amide bonds. The van der Waals surface area contributed by atoms with Gasteiger partial charge >= 0.3 is 5.97 Å². The van der Waals surface area contributed by atoms with Crippen molar-refractivity contribution in [1.82, 2.24) is 0 Å². The topological polar surface area (TPSA) is 79.2 Å². The highest BCUT2D eigenvalue weighted by molar-refractivity contribution is 7.17. The van der Waals surface area contributed by atoms with Gasteiger partial charge in [-0.2, -0.15) is 5.26 Å². The van der Waals surface area contributed by atoms with Gasteiger partial charge < -0.3 is 10.1 Å². The molecule has 1 aromatic carbocycles. The Hall–Kier alpha value is -2.91. The van der Waals surface area contributed by atoms with Crippen molar-refractivity contribution in [1.29, 1.82) is 5.26 Å². The van der Waals surface area contributed by atoms with E-state index in [2.05, 4.69) is 19.2 Å². The molecule has 1 heterocycles. The van der Waals surface area contributed by atoms with Crippen LogP contribution in [0.5, 0.6) is 0 Å². The van der Waals surface area contributed by atoms with Gasteiger partial charge in [-0.1, -0.05) is 38.1 Å². The predicted molar refractivity (Wildman–Crippen MR) is 120 cm³/mol. The molecule has 0 saturated heterocycles. The molecule has 156 valence electrons. The van der Waals surface area contributed by atoms with Crippen LogP contribution in [0.25, 0.3) is 6.08 Å². The fourth-order valence-corrected chi connectivity index (χ4v) is 4.81. The van der Waals surface area contributed by atoms with Crippen molar-refractivity contribution in [2.75, 3.05) is 11.9 Å². The number of rotatable bonds is 6. The largest absolute Gasteiger partial charge is 0.462 e. The number of nitriles is 1. The van der Waals surface area contributed by atoms with Gasteiger partial charge in [0.1, 0.15) is 16.6 Å². The van der Waals surface area contributed by atoms with Gasteiger partial charge in [0.15, 0.2) is 0 Å². The van der Waals surface area contributed by atoms with Crippen LogP contribution < -0.4 is 5.32 Å². The molecule has 1 aromatic heterocycles. The zero-order valence-electron chi connectivity index (χ0n) is 17.6. The maximum absolute atomic E-state index is 12.8. The van der Waals surface area contributed by atoms with E-state index in [9.17, 15) is 14.9 Å². The van der Waals surface area contributed by atoms with Crippen molar-refractivity contribution in [2.45, 2.75) is 52.4 Å². The number of thiophene rings is 1. The highest BCUT2D eigenvalue weighted by atomic mass is 32.1. The zero-order chi connectivity index (χ0) is 21.7. The summed E-state index contributed by atoms with van der Waals surface area (Å²) in [5, 5.41) is 12.8. The molecule has 1 aliphatic carbocycles. The van der Waals surface area contributed by atoms with E-state index in [1.165, 1.54) is 16.9 Å². The zero-order valence-corrected chi connectivity index (χ0v) is 18.4. The molecule has 30 heavy (non-hydrogen) atoms. The number of benzene rings is 1. The normalized spacial score (nSPS) is 13.5. The minimum Gasteiger partial charge on any atom is -0.462 e. The van der Waals surface area contributed by atoms with Crippen LogP contribution >= 0.6 is 11.3 Å². The van der Waals surface area contributed by atoms with Gasteiger partial charge in [0, 0.05) is 4.88 Å². The Morgan fingerprint density at radius 3 is 2.57 bits per heavy atom. The minimum absolute atomic E-state index is 0.00604. The highest BCUT2D eigenvalue weighted by Crippen LogP contribution is 2.38. The first-order valence-corrected chi connectivity index (χ1v) is 11.1. The van der Waals surface area contributed by atoms with Gasteiger partial charge in [0.2, 0.25) is 0 Å². The lowest BCUT2D eigenvalue weighted by atomic mass is 9.95. The Balaban J connectivity index is 1.87. The molecule has 3 rings (SSSR count). The number of amides is 1. The number of aryl methyl sites for hydroxylation is 1. The molecule has 1 N–H and O–H groups in total. The number of esters is 1. The van der Waals surface area contributed by atoms with Crippen molar-refractivity contribution < 1.29 is 14.3 Å². The first-order valence-electron chi connectivity index (χ1n) is 10.3. The Bertz CT molecular complexity index is 1010. The number of carbonyl (C=O) groups is 2. The number of fused-ring (bicyclic) bond motifs is 1. The lowest BCUT2D eigenvalue weighted by Crippen LogP contribution is -2.16. The van der Waals surface area contributed by atoms with Crippen LogP contribution in [0.1, 0.15) is 71.5 Å². The van der Waals surface area contributed by atoms with Crippen molar-refractivity contribution in [2.24, 2.45) is 0 Å². The summed E-state index contributed by atoms with van der Waals surface area (Å²) in [6.07, 6.45) is 5.35. The fraction of sp³-hybridized carbons (Fsp3) is 0.375. The maximum atomic E-state index is 12.8. The second-order valence-electron chi connectivity index (χ2n) is 7.58. The molecular weight excluding hydrogens is 396 g/mol. The fourth-order valence-electron chi connectivity index (χ4n) is 3.54. The standard InChI is InChI=1S/C24H26N2O3S/c1-4-29-24(28)21-19-7-5-6-8-20(19)30-23(21)26-22(27)18(14-25)13-16-9-11-17(12-10-16)15(2)3/h9-13,15H,4-8H2,1-3H3,(H,26,27). The summed E-state index contributed by atoms with van der Waals surface area (Å²) in [6.45, 7) is 6.25. The van der Waals surface area contributed by atoms with Crippen LogP contribution in [0.2, 0.25) is 0 Å². The summed E-state index contributed by atoms with van der Waals surface area (Å²) in [6, 6.07) is 9.77. The van der Waals surface area contributed by atoms with Crippen molar-refractivity contribution in [3.05, 3.63) is 57.0 Å². The molecule has 0 atom stereocenters. The number of hydrogen-bond donors (Lipinski definition) is 1. The van der Waals surface area contributed by atoms with Gasteiger partial charge in [0.05, 0.1) is 12.2 Å². The van der Waals surface area contributed by atoms with Crippen LogP contribution in [-0.2, 0) is 22.4 Å². The molecule has 0 bridgehead atoms. The Morgan fingerprint density at radius 1 is 1.23 bits per heavy atom. The molecule has 0 fully saturated rings. The summed E-state index contributed by atoms with van der Waals surface area (Å²) < 4.78 is 5.22. The van der Waals surface area contributed by atoms with Crippen LogP contribution in [0, 0.1) is 11.3 Å². The lowest BCUT2D eigenvalue weighted by Gasteiger charge is -2.12. The van der Waals surface area contributed by atoms with Crippen LogP contribution in [-0.4, -0.2) is 18.5 Å². The van der Waals surface area contributed by atoms with E-state index in [0.717, 1.165) is 41.7 Å². The van der Waals surface area contributed by atoms with Gasteiger partial charge in [0.25, 0.3) is 5.91 Å². The molecule has 0 aliphatic heterocycles. The third-order valence-corrected chi connectivity index (χ3v) is 6.36. The Labute approximate surface area is 181 Å². The predicted octanol–water partition coefficient (Wildman–Crippen LogP) is 5.47. The monoisotopic (exact) mass is 422 g/mol. The summed E-state index contributed by atoms with van der Waals surface area (Å²) in [5.74, 6) is -0.526.